The number of carbonyl (C=O) groups excluding carboxylic acids is 1. The number of nitrogens with zero attached hydrogens (tertiary/aromatic N) is 1. The van der Waals surface area contributed by atoms with Gasteiger partial charge >= 0.3 is 0 Å². The lowest BCUT2D eigenvalue weighted by atomic mass is 10.2. The summed E-state index contributed by atoms with van der Waals surface area (Å²) >= 11 is 12.8. The van der Waals surface area contributed by atoms with Gasteiger partial charge in [0.1, 0.15) is 5.69 Å². The number of anilines is 1. The summed E-state index contributed by atoms with van der Waals surface area (Å²) in [6.45, 7) is 4.17. The van der Waals surface area contributed by atoms with Crippen LogP contribution in [0.15, 0.2) is 39.4 Å². The van der Waals surface area contributed by atoms with Gasteiger partial charge in [0.25, 0.3) is 5.91 Å². The van der Waals surface area contributed by atoms with Crippen molar-refractivity contribution in [3.63, 3.8) is 0 Å². The molecule has 0 saturated heterocycles. The van der Waals surface area contributed by atoms with E-state index in [-0.39, 0.29) is 11.9 Å². The van der Waals surface area contributed by atoms with Gasteiger partial charge in [-0.25, -0.2) is 0 Å². The Morgan fingerprint density at radius 2 is 1.95 bits per heavy atom. The molecule has 0 saturated carbocycles. The molecule has 1 heterocycles. The van der Waals surface area contributed by atoms with E-state index in [4.69, 9.17) is 11.6 Å². The highest BCUT2D eigenvalue weighted by Crippen LogP contribution is 2.32. The molecule has 1 amide bonds. The molecule has 1 aromatic heterocycles. The van der Waals surface area contributed by atoms with Gasteiger partial charge in [-0.3, -0.25) is 4.79 Å². The van der Waals surface area contributed by atoms with Crippen LogP contribution >= 0.6 is 43.5 Å². The average Bonchev–Trinajstić information content (AvgIpc) is 2.77. The number of halogens is 3. The highest BCUT2D eigenvalue weighted by atomic mass is 79.9. The third-order valence-corrected chi connectivity index (χ3v) is 5.50. The lowest BCUT2D eigenvalue weighted by Gasteiger charge is -2.17. The van der Waals surface area contributed by atoms with Crippen molar-refractivity contribution in [3.05, 3.63) is 50.1 Å². The Bertz CT molecular complexity index is 652. The highest BCUT2D eigenvalue weighted by Gasteiger charge is 2.20. The summed E-state index contributed by atoms with van der Waals surface area (Å²) in [6, 6.07) is 9.09. The van der Waals surface area contributed by atoms with E-state index in [9.17, 15) is 4.79 Å². The number of aromatic nitrogens is 1. The first-order valence-corrected chi connectivity index (χ1v) is 8.53. The average molecular weight is 435 g/mol. The third-order valence-electron chi connectivity index (χ3n) is 3.30. The lowest BCUT2D eigenvalue weighted by molar-refractivity contribution is 0.101. The van der Waals surface area contributed by atoms with E-state index < -0.39 is 0 Å². The minimum absolute atomic E-state index is 0.149. The third kappa shape index (κ3) is 3.71. The number of carbonyl (C=O) groups is 1. The van der Waals surface area contributed by atoms with E-state index in [0.717, 1.165) is 15.5 Å². The van der Waals surface area contributed by atoms with Crippen molar-refractivity contribution in [2.75, 3.05) is 5.32 Å². The molecule has 2 rings (SSSR count). The highest BCUT2D eigenvalue weighted by molar-refractivity contribution is 9.13. The summed E-state index contributed by atoms with van der Waals surface area (Å²) in [5.74, 6) is -0.149. The molecule has 2 aromatic rings. The Kier molecular flexibility index (Phi) is 5.52. The zero-order valence-electron chi connectivity index (χ0n) is 11.7. The fourth-order valence-corrected chi connectivity index (χ4v) is 3.18. The van der Waals surface area contributed by atoms with Crippen LogP contribution in [-0.2, 0) is 0 Å². The van der Waals surface area contributed by atoms with E-state index in [0.29, 0.717) is 16.4 Å². The van der Waals surface area contributed by atoms with Crippen molar-refractivity contribution in [1.29, 1.82) is 0 Å². The van der Waals surface area contributed by atoms with Crippen molar-refractivity contribution in [1.82, 2.24) is 4.57 Å². The van der Waals surface area contributed by atoms with Crippen LogP contribution in [0.1, 0.15) is 36.8 Å². The summed E-state index contributed by atoms with van der Waals surface area (Å²) in [7, 11) is 0. The predicted molar refractivity (Wildman–Crippen MR) is 94.2 cm³/mol. The Hall–Kier alpha value is -0.780. The number of hydrogen-bond donors (Lipinski definition) is 1. The molecule has 21 heavy (non-hydrogen) atoms. The second kappa shape index (κ2) is 6.99. The molecular formula is C15H15Br2ClN2O. The Morgan fingerprint density at radius 1 is 1.33 bits per heavy atom. The van der Waals surface area contributed by atoms with E-state index in [1.807, 2.05) is 10.6 Å². The van der Waals surface area contributed by atoms with Gasteiger partial charge in [-0.15, -0.1) is 0 Å². The van der Waals surface area contributed by atoms with E-state index >= 15 is 0 Å². The fraction of sp³-hybridized carbons (Fsp3) is 0.267. The standard InChI is InChI=1S/C15H15Br2ClN2O/c1-3-9(2)20-13(8-12(16)14(20)17)15(21)19-11-6-4-10(18)5-7-11/h4-9H,3H2,1-2H3,(H,19,21). The van der Waals surface area contributed by atoms with Gasteiger partial charge in [-0.2, -0.15) is 0 Å². The van der Waals surface area contributed by atoms with Crippen LogP contribution in [0.4, 0.5) is 5.69 Å². The van der Waals surface area contributed by atoms with Gasteiger partial charge in [0, 0.05) is 16.8 Å². The van der Waals surface area contributed by atoms with Crippen LogP contribution in [0.5, 0.6) is 0 Å². The summed E-state index contributed by atoms with van der Waals surface area (Å²) in [5, 5.41) is 3.53. The molecule has 3 nitrogen and oxygen atoms in total. The monoisotopic (exact) mass is 432 g/mol. The van der Waals surface area contributed by atoms with Crippen LogP contribution in [0.25, 0.3) is 0 Å². The Labute approximate surface area is 145 Å². The normalized spacial score (nSPS) is 12.2. The topological polar surface area (TPSA) is 34.0 Å². The van der Waals surface area contributed by atoms with Gasteiger partial charge in [0.05, 0.1) is 9.08 Å². The first-order chi connectivity index (χ1) is 9.93. The first-order valence-electron chi connectivity index (χ1n) is 6.57. The quantitative estimate of drug-likeness (QED) is 0.640. The molecule has 0 aliphatic carbocycles. The summed E-state index contributed by atoms with van der Waals surface area (Å²) in [5.41, 5.74) is 1.33. The second-order valence-electron chi connectivity index (χ2n) is 4.76. The van der Waals surface area contributed by atoms with Crippen LogP contribution in [0.2, 0.25) is 5.02 Å². The molecule has 0 aliphatic heterocycles. The first kappa shape index (κ1) is 16.6. The smallest absolute Gasteiger partial charge is 0.272 e. The van der Waals surface area contributed by atoms with Crippen molar-refractivity contribution < 1.29 is 4.79 Å². The summed E-state index contributed by atoms with van der Waals surface area (Å²) in [6.07, 6.45) is 0.931. The predicted octanol–water partition coefficient (Wildman–Crippen LogP) is 5.89. The number of hydrogen-bond acceptors (Lipinski definition) is 1. The Balaban J connectivity index is 2.31. The molecular weight excluding hydrogens is 419 g/mol. The van der Waals surface area contributed by atoms with Crippen molar-refractivity contribution in [2.45, 2.75) is 26.3 Å². The molecule has 0 bridgehead atoms. The van der Waals surface area contributed by atoms with Gasteiger partial charge < -0.3 is 9.88 Å². The number of nitrogens with one attached hydrogen (secondary N) is 1. The molecule has 1 atom stereocenters. The van der Waals surface area contributed by atoms with E-state index in [1.54, 1.807) is 24.3 Å². The lowest BCUT2D eigenvalue weighted by Crippen LogP contribution is -2.19. The number of benzene rings is 1. The van der Waals surface area contributed by atoms with Gasteiger partial charge in [0.2, 0.25) is 0 Å². The van der Waals surface area contributed by atoms with Gasteiger partial charge in [0.15, 0.2) is 0 Å². The maximum Gasteiger partial charge on any atom is 0.272 e. The van der Waals surface area contributed by atoms with Crippen LogP contribution in [0.3, 0.4) is 0 Å². The molecule has 0 radical (unpaired) electrons. The number of amides is 1. The van der Waals surface area contributed by atoms with E-state index in [2.05, 4.69) is 51.0 Å². The zero-order chi connectivity index (χ0) is 15.6. The van der Waals surface area contributed by atoms with Crippen LogP contribution < -0.4 is 5.32 Å². The molecule has 112 valence electrons. The minimum Gasteiger partial charge on any atom is -0.327 e. The van der Waals surface area contributed by atoms with Gasteiger partial charge in [-0.1, -0.05) is 18.5 Å². The summed E-state index contributed by atoms with van der Waals surface area (Å²) < 4.78 is 3.72. The minimum atomic E-state index is -0.149. The van der Waals surface area contributed by atoms with Crippen molar-refractivity contribution in [2.24, 2.45) is 0 Å². The van der Waals surface area contributed by atoms with Crippen LogP contribution in [-0.4, -0.2) is 10.5 Å². The molecule has 6 heteroatoms. The Morgan fingerprint density at radius 3 is 2.52 bits per heavy atom. The largest absolute Gasteiger partial charge is 0.327 e. The van der Waals surface area contributed by atoms with E-state index in [1.165, 1.54) is 0 Å². The summed E-state index contributed by atoms with van der Waals surface area (Å²) in [4.78, 5) is 12.5. The van der Waals surface area contributed by atoms with Gasteiger partial charge in [-0.05, 0) is 75.5 Å². The second-order valence-corrected chi connectivity index (χ2v) is 6.80. The van der Waals surface area contributed by atoms with Crippen LogP contribution in [0, 0.1) is 0 Å². The van der Waals surface area contributed by atoms with Crippen molar-refractivity contribution >= 4 is 55.1 Å². The zero-order valence-corrected chi connectivity index (χ0v) is 15.6. The maximum absolute atomic E-state index is 12.5. The molecule has 0 fully saturated rings. The number of rotatable bonds is 4. The maximum atomic E-state index is 12.5. The molecule has 0 aliphatic rings. The SMILES string of the molecule is CCC(C)n1c(C(=O)Nc2ccc(Cl)cc2)cc(Br)c1Br. The van der Waals surface area contributed by atoms with Crippen molar-refractivity contribution in [3.8, 4) is 0 Å². The molecule has 0 spiro atoms. The molecule has 1 aromatic carbocycles. The fourth-order valence-electron chi connectivity index (χ4n) is 1.99. The molecule has 1 unspecified atom stereocenters. The molecule has 1 N–H and O–H groups in total.